The van der Waals surface area contributed by atoms with E-state index in [0.717, 1.165) is 4.34 Å². The van der Waals surface area contributed by atoms with Crippen LogP contribution in [0.2, 0.25) is 4.34 Å². The Hall–Kier alpha value is -0.0500. The zero-order chi connectivity index (χ0) is 7.84. The summed E-state index contributed by atoms with van der Waals surface area (Å²) in [5, 5.41) is 0. The molecule has 2 N–H and O–H groups in total. The highest BCUT2D eigenvalue weighted by Gasteiger charge is 2.29. The lowest BCUT2D eigenvalue weighted by Crippen LogP contribution is -2.36. The van der Waals surface area contributed by atoms with Crippen LogP contribution in [0.3, 0.4) is 0 Å². The molecular weight excluding hydrogens is 178 g/mol. The first-order valence-electron chi connectivity index (χ1n) is 3.78. The van der Waals surface area contributed by atoms with Crippen LogP contribution in [0.4, 0.5) is 0 Å². The van der Waals surface area contributed by atoms with E-state index in [2.05, 4.69) is 6.07 Å². The molecule has 1 nitrogen and oxygen atoms in total. The van der Waals surface area contributed by atoms with Crippen LogP contribution in [0, 0.1) is 0 Å². The topological polar surface area (TPSA) is 26.0 Å². The molecule has 2 atom stereocenters. The fraction of sp³-hybridized carbons (Fsp3) is 0.500. The van der Waals surface area contributed by atoms with Gasteiger partial charge >= 0.3 is 0 Å². The lowest BCUT2D eigenvalue weighted by molar-refractivity contribution is 0.351. The molecule has 0 spiro atoms. The van der Waals surface area contributed by atoms with Gasteiger partial charge in [0.05, 0.1) is 4.34 Å². The van der Waals surface area contributed by atoms with Crippen molar-refractivity contribution in [2.75, 3.05) is 0 Å². The zero-order valence-electron chi connectivity index (χ0n) is 6.09. The van der Waals surface area contributed by atoms with Crippen LogP contribution in [-0.2, 0) is 0 Å². The van der Waals surface area contributed by atoms with Crippen LogP contribution >= 0.6 is 22.9 Å². The average Bonchev–Trinajstić information content (AvgIpc) is 2.33. The van der Waals surface area contributed by atoms with Crippen LogP contribution in [0.1, 0.15) is 23.6 Å². The van der Waals surface area contributed by atoms with E-state index in [0.29, 0.717) is 12.0 Å². The summed E-state index contributed by atoms with van der Waals surface area (Å²) >= 11 is 7.47. The molecule has 1 heterocycles. The van der Waals surface area contributed by atoms with E-state index in [1.807, 2.05) is 6.07 Å². The number of hydrogen-bond acceptors (Lipinski definition) is 2. The van der Waals surface area contributed by atoms with Crippen molar-refractivity contribution in [3.63, 3.8) is 0 Å². The molecule has 3 heteroatoms. The standard InChI is InChI=1S/C8H10ClNS/c9-8-4-3-7(11-8)5-1-2-6(5)10/h3-6H,1-2,10H2. The van der Waals surface area contributed by atoms with E-state index in [9.17, 15) is 0 Å². The second kappa shape index (κ2) is 2.77. The highest BCUT2D eigenvalue weighted by atomic mass is 35.5. The minimum absolute atomic E-state index is 0.379. The molecule has 0 aromatic carbocycles. The summed E-state index contributed by atoms with van der Waals surface area (Å²) in [7, 11) is 0. The third-order valence-corrected chi connectivity index (χ3v) is 3.65. The number of nitrogens with two attached hydrogens (primary N) is 1. The fourth-order valence-corrected chi connectivity index (χ4v) is 2.68. The highest BCUT2D eigenvalue weighted by Crippen LogP contribution is 2.39. The van der Waals surface area contributed by atoms with E-state index in [1.54, 1.807) is 11.3 Å². The van der Waals surface area contributed by atoms with Gasteiger partial charge in [0, 0.05) is 16.8 Å². The van der Waals surface area contributed by atoms with E-state index < -0.39 is 0 Å². The Balaban J connectivity index is 2.16. The predicted molar refractivity (Wildman–Crippen MR) is 49.3 cm³/mol. The van der Waals surface area contributed by atoms with Crippen molar-refractivity contribution in [3.05, 3.63) is 21.3 Å². The molecule has 0 amide bonds. The molecule has 0 radical (unpaired) electrons. The SMILES string of the molecule is NC1CCC1c1ccc(Cl)s1. The number of thiophene rings is 1. The van der Waals surface area contributed by atoms with Crippen molar-refractivity contribution < 1.29 is 0 Å². The van der Waals surface area contributed by atoms with Crippen LogP contribution in [0.5, 0.6) is 0 Å². The maximum absolute atomic E-state index is 5.83. The van der Waals surface area contributed by atoms with Crippen molar-refractivity contribution in [1.29, 1.82) is 0 Å². The molecule has 0 saturated heterocycles. The van der Waals surface area contributed by atoms with Gasteiger partial charge in [-0.1, -0.05) is 11.6 Å². The molecule has 1 saturated carbocycles. The van der Waals surface area contributed by atoms with E-state index in [-0.39, 0.29) is 0 Å². The average molecular weight is 188 g/mol. The van der Waals surface area contributed by atoms with E-state index in [1.165, 1.54) is 17.7 Å². The molecule has 1 aromatic rings. The van der Waals surface area contributed by atoms with Gasteiger partial charge in [-0.25, -0.2) is 0 Å². The largest absolute Gasteiger partial charge is 0.327 e. The number of hydrogen-bond donors (Lipinski definition) is 1. The summed E-state index contributed by atoms with van der Waals surface area (Å²) in [6.07, 6.45) is 2.40. The Morgan fingerprint density at radius 2 is 2.27 bits per heavy atom. The van der Waals surface area contributed by atoms with Gasteiger partial charge in [-0.15, -0.1) is 11.3 Å². The van der Waals surface area contributed by atoms with Crippen molar-refractivity contribution in [3.8, 4) is 0 Å². The second-order valence-corrected chi connectivity index (χ2v) is 4.74. The van der Waals surface area contributed by atoms with Crippen LogP contribution < -0.4 is 5.73 Å². The lowest BCUT2D eigenvalue weighted by Gasteiger charge is -2.32. The second-order valence-electron chi connectivity index (χ2n) is 2.99. The molecule has 0 bridgehead atoms. The summed E-state index contributed by atoms with van der Waals surface area (Å²) in [6, 6.07) is 4.42. The Kier molecular flexibility index (Phi) is 1.91. The molecule has 2 rings (SSSR count). The Bertz CT molecular complexity index is 258. The lowest BCUT2D eigenvalue weighted by atomic mass is 9.79. The first-order valence-corrected chi connectivity index (χ1v) is 4.97. The first kappa shape index (κ1) is 7.59. The smallest absolute Gasteiger partial charge is 0.0931 e. The van der Waals surface area contributed by atoms with Crippen LogP contribution in [0.15, 0.2) is 12.1 Å². The maximum atomic E-state index is 5.83. The normalized spacial score (nSPS) is 30.0. The minimum atomic E-state index is 0.379. The summed E-state index contributed by atoms with van der Waals surface area (Å²) in [5.74, 6) is 0.590. The van der Waals surface area contributed by atoms with E-state index >= 15 is 0 Å². The van der Waals surface area contributed by atoms with Gasteiger partial charge in [-0.3, -0.25) is 0 Å². The third kappa shape index (κ3) is 1.31. The Morgan fingerprint density at radius 3 is 2.64 bits per heavy atom. The Morgan fingerprint density at radius 1 is 1.45 bits per heavy atom. The third-order valence-electron chi connectivity index (χ3n) is 2.29. The van der Waals surface area contributed by atoms with Crippen molar-refractivity contribution in [1.82, 2.24) is 0 Å². The highest BCUT2D eigenvalue weighted by molar-refractivity contribution is 7.16. The molecule has 1 aliphatic carbocycles. The van der Waals surface area contributed by atoms with E-state index in [4.69, 9.17) is 17.3 Å². The predicted octanol–water partition coefficient (Wildman–Crippen LogP) is 2.61. The zero-order valence-corrected chi connectivity index (χ0v) is 7.66. The molecule has 1 fully saturated rings. The summed E-state index contributed by atoms with van der Waals surface area (Å²) in [6.45, 7) is 0. The van der Waals surface area contributed by atoms with Gasteiger partial charge in [-0.05, 0) is 25.0 Å². The molecule has 2 unspecified atom stereocenters. The maximum Gasteiger partial charge on any atom is 0.0931 e. The summed E-state index contributed by atoms with van der Waals surface area (Å²) < 4.78 is 0.874. The summed E-state index contributed by atoms with van der Waals surface area (Å²) in [5.41, 5.74) is 5.83. The van der Waals surface area contributed by atoms with Crippen LogP contribution in [0.25, 0.3) is 0 Å². The molecular formula is C8H10ClNS. The van der Waals surface area contributed by atoms with Gasteiger partial charge in [0.2, 0.25) is 0 Å². The minimum Gasteiger partial charge on any atom is -0.327 e. The van der Waals surface area contributed by atoms with Crippen LogP contribution in [-0.4, -0.2) is 6.04 Å². The van der Waals surface area contributed by atoms with Gasteiger partial charge < -0.3 is 5.73 Å². The molecule has 0 aliphatic heterocycles. The summed E-state index contributed by atoms with van der Waals surface area (Å²) in [4.78, 5) is 1.36. The number of halogens is 1. The first-order chi connectivity index (χ1) is 5.27. The Labute approximate surface area is 75.2 Å². The van der Waals surface area contributed by atoms with Crippen molar-refractivity contribution in [2.45, 2.75) is 24.8 Å². The van der Waals surface area contributed by atoms with Gasteiger partial charge in [0.25, 0.3) is 0 Å². The van der Waals surface area contributed by atoms with Crippen molar-refractivity contribution in [2.24, 2.45) is 5.73 Å². The van der Waals surface area contributed by atoms with Gasteiger partial charge in [0.15, 0.2) is 0 Å². The number of rotatable bonds is 1. The van der Waals surface area contributed by atoms with Gasteiger partial charge in [-0.2, -0.15) is 0 Å². The molecule has 11 heavy (non-hydrogen) atoms. The molecule has 1 aromatic heterocycles. The molecule has 60 valence electrons. The van der Waals surface area contributed by atoms with Crippen molar-refractivity contribution >= 4 is 22.9 Å². The fourth-order valence-electron chi connectivity index (χ4n) is 1.41. The monoisotopic (exact) mass is 187 g/mol. The quantitative estimate of drug-likeness (QED) is 0.719. The molecule has 1 aliphatic rings. The van der Waals surface area contributed by atoms with Gasteiger partial charge in [0.1, 0.15) is 0 Å².